The van der Waals surface area contributed by atoms with Crippen LogP contribution < -0.4 is 5.32 Å². The molecule has 0 spiro atoms. The summed E-state index contributed by atoms with van der Waals surface area (Å²) < 4.78 is 29.3. The monoisotopic (exact) mass is 155 g/mol. The average Bonchev–Trinajstić information content (AvgIpc) is 2.18. The Kier molecular flexibility index (Phi) is 1.04. The minimum Gasteiger partial charge on any atom is -0.508 e. The highest BCUT2D eigenvalue weighted by Crippen LogP contribution is 2.14. The zero-order chi connectivity index (χ0) is 11.7. The Morgan fingerprint density at radius 3 is 3.09 bits per heavy atom. The number of amides is 1. The van der Waals surface area contributed by atoms with Gasteiger partial charge in [-0.2, -0.15) is 0 Å². The summed E-state index contributed by atoms with van der Waals surface area (Å²) in [5.41, 5.74) is -0.249. The van der Waals surface area contributed by atoms with Crippen LogP contribution in [0.2, 0.25) is 0 Å². The Morgan fingerprint density at radius 1 is 1.73 bits per heavy atom. The molecule has 1 rings (SSSR count). The molecule has 58 valence electrons. The Morgan fingerprint density at radius 2 is 2.45 bits per heavy atom. The number of carbonyl (C=O) groups excluding carboxylic acids is 1. The highest BCUT2D eigenvalue weighted by Gasteiger charge is 1.94. The lowest BCUT2D eigenvalue weighted by Gasteiger charge is -2.00. The van der Waals surface area contributed by atoms with Crippen LogP contribution in [-0.4, -0.2) is 11.0 Å². The van der Waals surface area contributed by atoms with Crippen LogP contribution in [0, 0.1) is 0 Å². The van der Waals surface area contributed by atoms with Crippen molar-refractivity contribution in [3.05, 3.63) is 24.2 Å². The van der Waals surface area contributed by atoms with Crippen LogP contribution in [0.1, 0.15) is 12.4 Å². The molecule has 3 heteroatoms. The van der Waals surface area contributed by atoms with Gasteiger partial charge in [-0.3, -0.25) is 4.79 Å². The van der Waals surface area contributed by atoms with Gasteiger partial charge in [0.25, 0.3) is 0 Å². The maximum Gasteiger partial charge on any atom is 0.221 e. The molecule has 11 heavy (non-hydrogen) atoms. The molecular weight excluding hydrogens is 142 g/mol. The van der Waals surface area contributed by atoms with Gasteiger partial charge in [-0.25, -0.2) is 0 Å². The summed E-state index contributed by atoms with van der Waals surface area (Å²) >= 11 is 0. The molecule has 0 saturated heterocycles. The standard InChI is InChI=1S/C8H9NO2/c1-6(10)9-7-3-2-4-8(11)5-7/h2-5,11H,1H3,(H,9,10)/i2D,3D,4D,5D. The van der Waals surface area contributed by atoms with Crippen molar-refractivity contribution in [1.82, 2.24) is 0 Å². The smallest absolute Gasteiger partial charge is 0.221 e. The van der Waals surface area contributed by atoms with E-state index < -0.39 is 35.8 Å². The average molecular weight is 155 g/mol. The van der Waals surface area contributed by atoms with E-state index in [0.29, 0.717) is 0 Å². The SMILES string of the molecule is [2H]c1c([2H])c(O)c([2H])c(NC(C)=O)c1[2H]. The van der Waals surface area contributed by atoms with E-state index in [9.17, 15) is 9.90 Å². The van der Waals surface area contributed by atoms with Crippen LogP contribution in [0.3, 0.4) is 0 Å². The summed E-state index contributed by atoms with van der Waals surface area (Å²) in [4.78, 5) is 10.8. The van der Waals surface area contributed by atoms with Crippen LogP contribution in [-0.2, 0) is 4.79 Å². The lowest BCUT2D eigenvalue weighted by Crippen LogP contribution is -2.04. The van der Waals surface area contributed by atoms with Gasteiger partial charge in [0.05, 0.1) is 5.48 Å². The molecule has 1 aromatic rings. The van der Waals surface area contributed by atoms with Crippen LogP contribution in [0.25, 0.3) is 0 Å². The number of phenols is 1. The maximum atomic E-state index is 10.8. The molecule has 0 radical (unpaired) electrons. The summed E-state index contributed by atoms with van der Waals surface area (Å²) in [5.74, 6) is -1.21. The second kappa shape index (κ2) is 3.05. The first-order valence-electron chi connectivity index (χ1n) is 4.93. The first-order chi connectivity index (χ1) is 6.86. The van der Waals surface area contributed by atoms with Gasteiger partial charge >= 0.3 is 0 Å². The fraction of sp³-hybridized carbons (Fsp3) is 0.125. The Hall–Kier alpha value is -1.51. The van der Waals surface area contributed by atoms with Crippen LogP contribution >= 0.6 is 0 Å². The van der Waals surface area contributed by atoms with Crippen molar-refractivity contribution >= 4 is 11.6 Å². The molecule has 0 aromatic heterocycles. The molecule has 1 aromatic carbocycles. The number of phenolic OH excluding ortho intramolecular Hbond substituents is 1. The third kappa shape index (κ3) is 2.29. The Balaban J connectivity index is 3.45. The predicted octanol–water partition coefficient (Wildman–Crippen LogP) is 1.35. The van der Waals surface area contributed by atoms with E-state index in [2.05, 4.69) is 5.32 Å². The number of hydrogen-bond donors (Lipinski definition) is 2. The topological polar surface area (TPSA) is 49.3 Å². The molecule has 3 nitrogen and oxygen atoms in total. The van der Waals surface area contributed by atoms with E-state index in [1.807, 2.05) is 0 Å². The van der Waals surface area contributed by atoms with Crippen molar-refractivity contribution < 1.29 is 15.4 Å². The molecule has 0 atom stereocenters. The van der Waals surface area contributed by atoms with Crippen LogP contribution in [0.4, 0.5) is 5.69 Å². The van der Waals surface area contributed by atoms with E-state index in [1.54, 1.807) is 0 Å². The van der Waals surface area contributed by atoms with Gasteiger partial charge in [0.15, 0.2) is 0 Å². The zero-order valence-electron chi connectivity index (χ0n) is 9.86. The Labute approximate surface area is 70.3 Å². The largest absolute Gasteiger partial charge is 0.508 e. The summed E-state index contributed by atoms with van der Waals surface area (Å²) in [6.07, 6.45) is 0. The third-order valence-corrected chi connectivity index (χ3v) is 0.913. The van der Waals surface area contributed by atoms with E-state index in [0.717, 1.165) is 0 Å². The number of aromatic hydroxyl groups is 1. The molecule has 0 fully saturated rings. The van der Waals surface area contributed by atoms with Crippen molar-refractivity contribution in [2.75, 3.05) is 5.32 Å². The normalized spacial score (nSPS) is 14.3. The van der Waals surface area contributed by atoms with Crippen molar-refractivity contribution in [1.29, 1.82) is 0 Å². The third-order valence-electron chi connectivity index (χ3n) is 0.913. The molecule has 0 aliphatic carbocycles. The predicted molar refractivity (Wildman–Crippen MR) is 42.4 cm³/mol. The van der Waals surface area contributed by atoms with Crippen LogP contribution in [0.5, 0.6) is 5.75 Å². The van der Waals surface area contributed by atoms with Crippen molar-refractivity contribution in [2.24, 2.45) is 0 Å². The molecule has 0 heterocycles. The molecule has 0 unspecified atom stereocenters. The summed E-state index contributed by atoms with van der Waals surface area (Å²) in [5, 5.41) is 11.4. The van der Waals surface area contributed by atoms with Crippen molar-refractivity contribution in [3.8, 4) is 5.75 Å². The van der Waals surface area contributed by atoms with E-state index >= 15 is 0 Å². The summed E-state index contributed by atoms with van der Waals surface area (Å²) in [6, 6.07) is -2.07. The maximum absolute atomic E-state index is 10.8. The Bertz CT molecular complexity index is 404. The summed E-state index contributed by atoms with van der Waals surface area (Å²) in [6.45, 7) is 1.19. The zero-order valence-corrected chi connectivity index (χ0v) is 5.86. The first-order valence-corrected chi connectivity index (χ1v) is 2.93. The second-order valence-electron chi connectivity index (χ2n) is 1.90. The number of benzene rings is 1. The van der Waals surface area contributed by atoms with Gasteiger partial charge in [-0.05, 0) is 12.1 Å². The lowest BCUT2D eigenvalue weighted by molar-refractivity contribution is -0.114. The molecule has 2 N–H and O–H groups in total. The number of hydrogen-bond acceptors (Lipinski definition) is 2. The number of nitrogens with one attached hydrogen (secondary N) is 1. The van der Waals surface area contributed by atoms with Gasteiger partial charge in [-0.1, -0.05) is 6.04 Å². The minimum absolute atomic E-state index is 0.249. The van der Waals surface area contributed by atoms with E-state index in [1.165, 1.54) is 6.92 Å². The molecule has 0 bridgehead atoms. The molecule has 0 aliphatic rings. The molecule has 0 saturated carbocycles. The summed E-state index contributed by atoms with van der Waals surface area (Å²) in [7, 11) is 0. The molecular formula is C8H9NO2. The highest BCUT2D eigenvalue weighted by atomic mass is 16.3. The fourth-order valence-corrected chi connectivity index (χ4v) is 0.572. The van der Waals surface area contributed by atoms with Gasteiger partial charge in [0, 0.05) is 18.7 Å². The minimum atomic E-state index is -0.709. The van der Waals surface area contributed by atoms with Crippen molar-refractivity contribution in [3.63, 3.8) is 0 Å². The van der Waals surface area contributed by atoms with Gasteiger partial charge in [0.2, 0.25) is 5.91 Å². The highest BCUT2D eigenvalue weighted by molar-refractivity contribution is 5.88. The van der Waals surface area contributed by atoms with Crippen LogP contribution in [0.15, 0.2) is 24.2 Å². The molecule has 1 amide bonds. The molecule has 0 aliphatic heterocycles. The van der Waals surface area contributed by atoms with Gasteiger partial charge in [0.1, 0.15) is 5.75 Å². The number of carbonyl (C=O) groups is 1. The fourth-order valence-electron chi connectivity index (χ4n) is 0.572. The lowest BCUT2D eigenvalue weighted by atomic mass is 10.3. The second-order valence-corrected chi connectivity index (χ2v) is 1.90. The number of rotatable bonds is 1. The first kappa shape index (κ1) is 3.76. The quantitative estimate of drug-likeness (QED) is 0.643. The van der Waals surface area contributed by atoms with Gasteiger partial charge in [-0.15, -0.1) is 0 Å². The van der Waals surface area contributed by atoms with E-state index in [4.69, 9.17) is 5.48 Å². The van der Waals surface area contributed by atoms with E-state index in [-0.39, 0.29) is 5.69 Å². The van der Waals surface area contributed by atoms with Gasteiger partial charge < -0.3 is 10.4 Å². The van der Waals surface area contributed by atoms with Crippen molar-refractivity contribution in [2.45, 2.75) is 6.92 Å². The number of anilines is 1.